The summed E-state index contributed by atoms with van der Waals surface area (Å²) in [6, 6.07) is 19.5. The second-order valence-electron chi connectivity index (χ2n) is 22.1. The molecule has 3 aromatic carbocycles. The molecule has 102 heavy (non-hydrogen) atoms. The van der Waals surface area contributed by atoms with Crippen LogP contribution in [-0.4, -0.2) is 139 Å². The third kappa shape index (κ3) is 19.5. The van der Waals surface area contributed by atoms with Gasteiger partial charge in [-0.15, -0.1) is 0 Å². The van der Waals surface area contributed by atoms with Crippen LogP contribution in [-0.2, 0) is 58.4 Å². The Morgan fingerprint density at radius 3 is 1.21 bits per heavy atom. The Labute approximate surface area is 648 Å². The van der Waals surface area contributed by atoms with Crippen molar-refractivity contribution in [3.63, 3.8) is 0 Å². The first-order valence-electron chi connectivity index (χ1n) is 31.6. The van der Waals surface area contributed by atoms with Gasteiger partial charge in [-0.3, -0.25) is 24.0 Å². The third-order valence-corrected chi connectivity index (χ3v) is 16.6. The molecule has 2 N–H and O–H groups in total. The van der Waals surface area contributed by atoms with Crippen LogP contribution in [0.1, 0.15) is 47.5 Å². The molecule has 12 rings (SSSR count). The number of unbranched alkanes of at least 4 members (excludes halogenated alkanes) is 1. The monoisotopic (exact) mass is 1490 g/mol. The number of aliphatic carboxylic acids is 2. The van der Waals surface area contributed by atoms with Gasteiger partial charge < -0.3 is 76.6 Å². The van der Waals surface area contributed by atoms with E-state index in [1.165, 1.54) is 28.0 Å². The van der Waals surface area contributed by atoms with Crippen LogP contribution in [0.4, 0.5) is 11.6 Å². The summed E-state index contributed by atoms with van der Waals surface area (Å²) in [4.78, 5) is 104. The maximum atomic E-state index is 13.2. The van der Waals surface area contributed by atoms with Gasteiger partial charge in [-0.1, -0.05) is 59.7 Å². The summed E-state index contributed by atoms with van der Waals surface area (Å²) < 4.78 is 32.6. The maximum absolute atomic E-state index is 13.2. The molecule has 0 amide bonds. The number of rotatable bonds is 24. The molecule has 0 spiro atoms. The van der Waals surface area contributed by atoms with E-state index in [1.54, 1.807) is 124 Å². The SMILES string of the molecule is CCCCn1ccnc1.CCOC(=O)Cn1c2nc(Cl)ccc2c(=O)c2ccc(Cl)c(OCC)c21.CCOc1c(Cl)ccc2c(=O)c3ccc(N(C)CCn4ccnc4)nc3n(CC(=O)O)c12.CCOc1c(Cl)ccc2c(=O)c3ccc(N(C)CCn4ccnc4)nc3n(CC(=O)[O-])c12.[Na+].[Na+].[OH-]. The Morgan fingerprint density at radius 2 is 0.853 bits per heavy atom. The smallest absolute Gasteiger partial charge is 0.870 e. The fourth-order valence-electron chi connectivity index (χ4n) is 10.9. The van der Waals surface area contributed by atoms with Crippen molar-refractivity contribution in [2.24, 2.45) is 0 Å². The van der Waals surface area contributed by atoms with Crippen LogP contribution in [0.15, 0.2) is 143 Å². The van der Waals surface area contributed by atoms with Gasteiger partial charge in [0.15, 0.2) is 33.5 Å². The second-order valence-corrected chi connectivity index (χ2v) is 23.7. The molecule has 0 radical (unpaired) electrons. The third-order valence-electron chi connectivity index (χ3n) is 15.5. The van der Waals surface area contributed by atoms with E-state index in [-0.39, 0.29) is 138 Å². The first-order valence-corrected chi connectivity index (χ1v) is 33.1. The van der Waals surface area contributed by atoms with Gasteiger partial charge in [0.2, 0.25) is 0 Å². The van der Waals surface area contributed by atoms with Crippen LogP contribution < -0.4 is 105 Å². The van der Waals surface area contributed by atoms with Crippen molar-refractivity contribution in [3.05, 3.63) is 180 Å². The van der Waals surface area contributed by atoms with E-state index in [4.69, 9.17) is 65.4 Å². The topological polar surface area (TPSA) is 326 Å². The van der Waals surface area contributed by atoms with Crippen LogP contribution in [0.2, 0.25) is 20.2 Å². The minimum absolute atomic E-state index is 0. The number of hydrogen-bond acceptors (Lipinski definition) is 20. The van der Waals surface area contributed by atoms with Crippen molar-refractivity contribution < 1.29 is 108 Å². The molecule has 0 bridgehead atoms. The van der Waals surface area contributed by atoms with Gasteiger partial charge in [0.1, 0.15) is 46.8 Å². The van der Waals surface area contributed by atoms with Gasteiger partial charge in [0.05, 0.1) is 122 Å². The summed E-state index contributed by atoms with van der Waals surface area (Å²) in [5.74, 6) is -0.836. The number of pyridine rings is 6. The summed E-state index contributed by atoms with van der Waals surface area (Å²) in [6.45, 7) is 13.2. The van der Waals surface area contributed by atoms with E-state index in [1.807, 2.05) is 64.1 Å². The number of carbonyl (C=O) groups is 3. The number of carboxylic acids is 2. The van der Waals surface area contributed by atoms with E-state index >= 15 is 0 Å². The Balaban J connectivity index is 0.000000224. The molecule has 0 atom stereocenters. The van der Waals surface area contributed by atoms with Crippen LogP contribution in [0, 0.1) is 0 Å². The molecule has 0 unspecified atom stereocenters. The Hall–Kier alpha value is -8.32. The van der Waals surface area contributed by atoms with E-state index in [2.05, 4.69) is 41.4 Å². The number of carbonyl (C=O) groups excluding carboxylic acids is 2. The molecule has 9 heterocycles. The van der Waals surface area contributed by atoms with Crippen molar-refractivity contribution in [1.82, 2.24) is 57.3 Å². The van der Waals surface area contributed by atoms with Crippen LogP contribution in [0.3, 0.4) is 0 Å². The van der Waals surface area contributed by atoms with Crippen molar-refractivity contribution in [3.8, 4) is 17.2 Å². The van der Waals surface area contributed by atoms with Gasteiger partial charge in [0, 0.05) is 84.0 Å². The molecule has 0 aliphatic heterocycles. The maximum Gasteiger partial charge on any atom is 1.00 e. The van der Waals surface area contributed by atoms with Crippen molar-refractivity contribution in [2.75, 3.05) is 63.4 Å². The van der Waals surface area contributed by atoms with Gasteiger partial charge in [-0.25, -0.2) is 29.9 Å². The molecule has 9 aromatic heterocycles. The number of halogens is 4. The molecule has 12 aromatic rings. The van der Waals surface area contributed by atoms with Crippen molar-refractivity contribution in [2.45, 2.75) is 86.7 Å². The minimum atomic E-state index is -1.32. The summed E-state index contributed by atoms with van der Waals surface area (Å²) in [5, 5.41) is 24.3. The van der Waals surface area contributed by atoms with Crippen LogP contribution >= 0.6 is 46.4 Å². The number of benzene rings is 3. The summed E-state index contributed by atoms with van der Waals surface area (Å²) >= 11 is 25.0. The van der Waals surface area contributed by atoms with E-state index in [0.717, 1.165) is 6.54 Å². The van der Waals surface area contributed by atoms with Crippen molar-refractivity contribution in [1.29, 1.82) is 0 Å². The molecule has 33 heteroatoms. The summed E-state index contributed by atoms with van der Waals surface area (Å²) in [6.07, 6.45) is 18.8. The van der Waals surface area contributed by atoms with Gasteiger partial charge in [-0.2, -0.15) is 0 Å². The predicted molar refractivity (Wildman–Crippen MR) is 383 cm³/mol. The number of fused-ring (bicyclic) bond motifs is 6. The number of carboxylic acid groups (broad SMARTS) is 2. The molecule has 0 fully saturated rings. The number of aryl methyl sites for hydroxylation is 1. The average Bonchev–Trinajstić information content (AvgIpc) is 0.896. The Morgan fingerprint density at radius 1 is 0.490 bits per heavy atom. The molecular weight excluding hydrogens is 1420 g/mol. The van der Waals surface area contributed by atoms with Crippen molar-refractivity contribution >= 4 is 142 Å². The molecule has 0 saturated heterocycles. The van der Waals surface area contributed by atoms with Gasteiger partial charge >= 0.3 is 71.1 Å². The number of ether oxygens (including phenoxy) is 4. The zero-order chi connectivity index (χ0) is 71.0. The molecule has 0 saturated carbocycles. The number of imidazole rings is 3. The normalized spacial score (nSPS) is 10.7. The molecule has 526 valence electrons. The number of esters is 1. The predicted octanol–water partition coefficient (Wildman–Crippen LogP) is 4.04. The first-order chi connectivity index (χ1) is 47.7. The van der Waals surface area contributed by atoms with E-state index in [0.29, 0.717) is 117 Å². The van der Waals surface area contributed by atoms with Gasteiger partial charge in [0.25, 0.3) is 0 Å². The zero-order valence-corrected chi connectivity index (χ0v) is 64.7. The fraction of sp³-hybridized carbons (Fsp3) is 0.304. The number of nitrogens with zero attached hydrogens (tertiary/aromatic N) is 14. The number of anilines is 2. The zero-order valence-electron chi connectivity index (χ0n) is 57.7. The fourth-order valence-corrected chi connectivity index (χ4v) is 11.7. The minimum Gasteiger partial charge on any atom is -0.870 e. The standard InChI is InChI=1S/2C22H22ClN5O4.C18H16Cl2N2O4.C7H12N2.2Na.H2O/c2*1-3-32-21-16(23)6-4-14-19(21)28(12-18(29)30)22-15(20(14)31)5-7-17(25-22)26(2)10-11-27-9-8-24-13-27;1-3-25-14(23)9-22-15-10(5-7-12(19)17(15)26-4-2)16(24)11-6-8-13(20)21-18(11)22;1-2-3-5-9-6-4-8-7-9;;;/h2*4-9,13H,3,10-12H2,1-2H3,(H,29,30);5-8H,3-4,9H2,1-2H3;4,6-7H,2-3,5H2,1H3;;;1H2/q;;;;2*+1;/p-2. The first kappa shape index (κ1) is 82.6. The summed E-state index contributed by atoms with van der Waals surface area (Å²) in [5.41, 5.74) is 0.985. The van der Waals surface area contributed by atoms with Crippen LogP contribution in [0.25, 0.3) is 65.8 Å². The Kier molecular flexibility index (Phi) is 31.4. The molecular formula is C69H72Cl4N14Na2O13. The Bertz CT molecular complexity index is 4860. The number of likely N-dealkylation sites (N-methyl/N-ethyl adjacent to an activating group) is 2. The molecule has 27 nitrogen and oxygen atoms in total. The van der Waals surface area contributed by atoms with Crippen LogP contribution in [0.5, 0.6) is 17.2 Å². The average molecular weight is 1490 g/mol. The van der Waals surface area contributed by atoms with E-state index < -0.39 is 31.0 Å². The van der Waals surface area contributed by atoms with E-state index in [9.17, 15) is 39.0 Å². The molecule has 0 aliphatic rings. The number of aromatic nitrogens is 12. The van der Waals surface area contributed by atoms with Gasteiger partial charge in [-0.05, 0) is 107 Å². The number of hydrogen-bond donors (Lipinski definition) is 1. The summed E-state index contributed by atoms with van der Waals surface area (Å²) in [7, 11) is 3.75. The second kappa shape index (κ2) is 38.8. The quantitative estimate of drug-likeness (QED) is 0.0386. The largest absolute Gasteiger partial charge is 1.00 e. The molecule has 0 aliphatic carbocycles.